The quantitative estimate of drug-likeness (QED) is 0.432. The fourth-order valence-corrected chi connectivity index (χ4v) is 1.99. The zero-order valence-corrected chi connectivity index (χ0v) is 13.6. The van der Waals surface area contributed by atoms with E-state index in [9.17, 15) is 5.11 Å². The minimum Gasteiger partial charge on any atom is -0.507 e. The number of nitrogens with zero attached hydrogens (tertiary/aromatic N) is 1. The maximum Gasteiger partial charge on any atom is 0.187 e. The minimum absolute atomic E-state index is 0.102. The van der Waals surface area contributed by atoms with Gasteiger partial charge in [0.1, 0.15) is 11.5 Å². The third kappa shape index (κ3) is 5.60. The first-order chi connectivity index (χ1) is 11.2. The molecule has 0 bridgehead atoms. The molecule has 6 heteroatoms. The van der Waals surface area contributed by atoms with E-state index in [1.165, 1.54) is 6.21 Å². The number of nitrogens with one attached hydrogen (secondary N) is 2. The Bertz CT molecular complexity index is 675. The van der Waals surface area contributed by atoms with Crippen LogP contribution in [0, 0.1) is 0 Å². The number of rotatable bonds is 6. The van der Waals surface area contributed by atoms with Gasteiger partial charge in [0.2, 0.25) is 0 Å². The summed E-state index contributed by atoms with van der Waals surface area (Å²) in [6.07, 6.45) is 1.50. The number of hydrogen-bond acceptors (Lipinski definition) is 4. The van der Waals surface area contributed by atoms with Crippen LogP contribution in [-0.2, 0) is 6.54 Å². The summed E-state index contributed by atoms with van der Waals surface area (Å²) in [6.45, 7) is 3.06. The van der Waals surface area contributed by atoms with Crippen molar-refractivity contribution in [3.8, 4) is 11.5 Å². The Morgan fingerprint density at radius 1 is 1.26 bits per heavy atom. The summed E-state index contributed by atoms with van der Waals surface area (Å²) < 4.78 is 5.31. The van der Waals surface area contributed by atoms with E-state index in [4.69, 9.17) is 17.0 Å². The Kier molecular flexibility index (Phi) is 6.38. The van der Waals surface area contributed by atoms with E-state index < -0.39 is 0 Å². The highest BCUT2D eigenvalue weighted by Crippen LogP contribution is 2.22. The van der Waals surface area contributed by atoms with Gasteiger partial charge in [-0.25, -0.2) is 0 Å². The second kappa shape index (κ2) is 8.75. The molecule has 2 rings (SSSR count). The van der Waals surface area contributed by atoms with Crippen molar-refractivity contribution in [3.63, 3.8) is 0 Å². The highest BCUT2D eigenvalue weighted by Gasteiger charge is 2.01. The van der Waals surface area contributed by atoms with Gasteiger partial charge in [-0.3, -0.25) is 5.43 Å². The van der Waals surface area contributed by atoms with Gasteiger partial charge in [0, 0.05) is 18.2 Å². The number of thiocarbonyl (C=S) groups is 1. The van der Waals surface area contributed by atoms with Crippen molar-refractivity contribution in [1.82, 2.24) is 10.7 Å². The lowest BCUT2D eigenvalue weighted by Gasteiger charge is -2.07. The van der Waals surface area contributed by atoms with Gasteiger partial charge in [0.15, 0.2) is 5.11 Å². The van der Waals surface area contributed by atoms with Crippen LogP contribution in [0.15, 0.2) is 53.6 Å². The van der Waals surface area contributed by atoms with Crippen molar-refractivity contribution in [1.29, 1.82) is 0 Å². The lowest BCUT2D eigenvalue weighted by molar-refractivity contribution is 0.337. The lowest BCUT2D eigenvalue weighted by atomic mass is 10.2. The molecule has 2 aromatic rings. The summed E-state index contributed by atoms with van der Waals surface area (Å²) >= 11 is 5.14. The molecule has 0 saturated carbocycles. The van der Waals surface area contributed by atoms with Crippen LogP contribution in [0.4, 0.5) is 0 Å². The molecule has 0 saturated heterocycles. The van der Waals surface area contributed by atoms with E-state index in [1.54, 1.807) is 18.2 Å². The van der Waals surface area contributed by atoms with Gasteiger partial charge >= 0.3 is 0 Å². The topological polar surface area (TPSA) is 65.9 Å². The Labute approximate surface area is 141 Å². The first-order valence-electron chi connectivity index (χ1n) is 7.25. The third-order valence-corrected chi connectivity index (χ3v) is 3.21. The average molecular weight is 329 g/mol. The van der Waals surface area contributed by atoms with Gasteiger partial charge in [0.05, 0.1) is 12.8 Å². The molecule has 0 aliphatic carbocycles. The van der Waals surface area contributed by atoms with Crippen LogP contribution in [0.25, 0.3) is 0 Å². The molecule has 0 aliphatic rings. The molecule has 0 unspecified atom stereocenters. The number of benzene rings is 2. The summed E-state index contributed by atoms with van der Waals surface area (Å²) in [5.41, 5.74) is 4.42. The van der Waals surface area contributed by atoms with E-state index >= 15 is 0 Å². The molecule has 5 nitrogen and oxygen atoms in total. The maximum atomic E-state index is 9.89. The van der Waals surface area contributed by atoms with Crippen LogP contribution in [0.2, 0.25) is 0 Å². The Balaban J connectivity index is 1.82. The van der Waals surface area contributed by atoms with E-state index in [2.05, 4.69) is 15.8 Å². The van der Waals surface area contributed by atoms with Gasteiger partial charge in [-0.2, -0.15) is 5.10 Å². The predicted molar refractivity (Wildman–Crippen MR) is 95.9 cm³/mol. The van der Waals surface area contributed by atoms with E-state index in [0.717, 1.165) is 5.56 Å². The molecule has 3 N–H and O–H groups in total. The summed E-state index contributed by atoms with van der Waals surface area (Å²) in [5, 5.41) is 17.4. The second-order valence-corrected chi connectivity index (χ2v) is 5.10. The van der Waals surface area contributed by atoms with E-state index in [0.29, 0.717) is 29.6 Å². The van der Waals surface area contributed by atoms with Crippen molar-refractivity contribution in [2.24, 2.45) is 5.10 Å². The van der Waals surface area contributed by atoms with Crippen LogP contribution in [0.1, 0.15) is 18.1 Å². The molecular weight excluding hydrogens is 310 g/mol. The van der Waals surface area contributed by atoms with Crippen molar-refractivity contribution >= 4 is 23.5 Å². The average Bonchev–Trinajstić information content (AvgIpc) is 2.56. The van der Waals surface area contributed by atoms with Gasteiger partial charge < -0.3 is 15.2 Å². The Morgan fingerprint density at radius 2 is 2.04 bits per heavy atom. The monoisotopic (exact) mass is 329 g/mol. The Hall–Kier alpha value is -2.60. The molecule has 23 heavy (non-hydrogen) atoms. The highest BCUT2D eigenvalue weighted by atomic mass is 32.1. The molecule has 120 valence electrons. The number of phenols is 1. The van der Waals surface area contributed by atoms with Crippen molar-refractivity contribution in [2.75, 3.05) is 6.61 Å². The largest absolute Gasteiger partial charge is 0.507 e. The third-order valence-electron chi connectivity index (χ3n) is 2.98. The number of hydrazone groups is 1. The first-order valence-corrected chi connectivity index (χ1v) is 7.66. The summed E-state index contributed by atoms with van der Waals surface area (Å²) in [4.78, 5) is 0. The van der Waals surface area contributed by atoms with Gasteiger partial charge in [-0.1, -0.05) is 30.3 Å². The number of aromatic hydroxyl groups is 1. The smallest absolute Gasteiger partial charge is 0.187 e. The molecule has 0 spiro atoms. The lowest BCUT2D eigenvalue weighted by Crippen LogP contribution is -2.31. The summed E-state index contributed by atoms with van der Waals surface area (Å²) in [6, 6.07) is 15.0. The summed E-state index contributed by atoms with van der Waals surface area (Å²) in [7, 11) is 0. The van der Waals surface area contributed by atoms with Crippen LogP contribution < -0.4 is 15.5 Å². The van der Waals surface area contributed by atoms with Gasteiger partial charge in [-0.15, -0.1) is 0 Å². The fraction of sp³-hybridized carbons (Fsp3) is 0.176. The SMILES string of the molecule is CCOc1ccc(/C=N/NC(=S)NCc2ccccc2)c(O)c1. The normalized spacial score (nSPS) is 10.5. The van der Waals surface area contributed by atoms with Crippen molar-refractivity contribution < 1.29 is 9.84 Å². The molecule has 0 aromatic heterocycles. The van der Waals surface area contributed by atoms with Crippen LogP contribution in [-0.4, -0.2) is 23.0 Å². The first kappa shape index (κ1) is 16.8. The number of phenolic OH excluding ortho intramolecular Hbond substituents is 1. The number of ether oxygens (including phenoxy) is 1. The standard InChI is InChI=1S/C17H19N3O2S/c1-2-22-15-9-8-14(16(21)10-15)12-19-20-17(23)18-11-13-6-4-3-5-7-13/h3-10,12,21H,2,11H2,1H3,(H2,18,20,23)/b19-12+. The zero-order valence-electron chi connectivity index (χ0n) is 12.8. The van der Waals surface area contributed by atoms with Crippen molar-refractivity contribution in [3.05, 3.63) is 59.7 Å². The van der Waals surface area contributed by atoms with E-state index in [1.807, 2.05) is 37.3 Å². The Morgan fingerprint density at radius 3 is 2.74 bits per heavy atom. The molecule has 0 radical (unpaired) electrons. The molecular formula is C17H19N3O2S. The van der Waals surface area contributed by atoms with Gasteiger partial charge in [0.25, 0.3) is 0 Å². The molecule has 0 atom stereocenters. The van der Waals surface area contributed by atoms with Crippen molar-refractivity contribution in [2.45, 2.75) is 13.5 Å². The molecule has 0 amide bonds. The van der Waals surface area contributed by atoms with Crippen LogP contribution in [0.3, 0.4) is 0 Å². The summed E-state index contributed by atoms with van der Waals surface area (Å²) in [5.74, 6) is 0.722. The number of hydrogen-bond donors (Lipinski definition) is 3. The zero-order chi connectivity index (χ0) is 16.5. The fourth-order valence-electron chi connectivity index (χ4n) is 1.87. The predicted octanol–water partition coefficient (Wildman–Crippen LogP) is 2.79. The molecule has 0 fully saturated rings. The van der Waals surface area contributed by atoms with Crippen LogP contribution >= 0.6 is 12.2 Å². The van der Waals surface area contributed by atoms with Gasteiger partial charge in [-0.05, 0) is 36.8 Å². The maximum absolute atomic E-state index is 9.89. The van der Waals surface area contributed by atoms with Crippen LogP contribution in [0.5, 0.6) is 11.5 Å². The van der Waals surface area contributed by atoms with E-state index in [-0.39, 0.29) is 5.75 Å². The minimum atomic E-state index is 0.102. The molecule has 2 aromatic carbocycles. The highest BCUT2D eigenvalue weighted by molar-refractivity contribution is 7.80. The molecule has 0 heterocycles. The molecule has 0 aliphatic heterocycles. The second-order valence-electron chi connectivity index (χ2n) is 4.69.